The van der Waals surface area contributed by atoms with E-state index in [4.69, 9.17) is 16.1 Å². The van der Waals surface area contributed by atoms with Gasteiger partial charge in [-0.1, -0.05) is 12.1 Å². The maximum absolute atomic E-state index is 12.5. The number of carbonyl (C=O) groups is 3. The number of amides is 2. The molecule has 1 fully saturated rings. The van der Waals surface area contributed by atoms with Gasteiger partial charge in [0.15, 0.2) is 0 Å². The zero-order valence-corrected chi connectivity index (χ0v) is 17.3. The highest BCUT2D eigenvalue weighted by atomic mass is 16.5. The van der Waals surface area contributed by atoms with Crippen LogP contribution in [0.2, 0.25) is 0 Å². The van der Waals surface area contributed by atoms with Crippen LogP contribution in [0.15, 0.2) is 18.2 Å². The van der Waals surface area contributed by atoms with Crippen LogP contribution in [0.5, 0.6) is 5.75 Å². The van der Waals surface area contributed by atoms with Crippen molar-refractivity contribution in [1.29, 1.82) is 0 Å². The van der Waals surface area contributed by atoms with Crippen LogP contribution in [0.25, 0.3) is 0 Å². The summed E-state index contributed by atoms with van der Waals surface area (Å²) < 4.78 is 5.41. The highest BCUT2D eigenvalue weighted by Gasteiger charge is 2.38. The summed E-state index contributed by atoms with van der Waals surface area (Å²) in [6, 6.07) is 4.08. The first-order valence-corrected chi connectivity index (χ1v) is 10.5. The molecule has 1 aliphatic carbocycles. The molecule has 0 saturated heterocycles. The maximum atomic E-state index is 12.5. The van der Waals surface area contributed by atoms with E-state index in [0.717, 1.165) is 25.7 Å². The summed E-state index contributed by atoms with van der Waals surface area (Å²) in [5.41, 5.74) is 11.6. The topological polar surface area (TPSA) is 177 Å². The molecular weight excluding hydrogens is 403 g/mol. The predicted octanol–water partition coefficient (Wildman–Crippen LogP) is -0.825. The van der Waals surface area contributed by atoms with Gasteiger partial charge in [0, 0.05) is 19.0 Å². The van der Waals surface area contributed by atoms with Gasteiger partial charge in [0.05, 0.1) is 17.5 Å². The minimum Gasteiger partial charge on any atom is -0.534 e. The van der Waals surface area contributed by atoms with Gasteiger partial charge in [-0.15, -0.1) is 0 Å². The normalized spacial score (nSPS) is 23.8. The summed E-state index contributed by atoms with van der Waals surface area (Å²) in [5, 5.41) is 25.2. The third-order valence-corrected chi connectivity index (χ3v) is 5.95. The van der Waals surface area contributed by atoms with E-state index in [-0.39, 0.29) is 48.1 Å². The Labute approximate surface area is 180 Å². The number of aromatic carboxylic acids is 1. The third kappa shape index (κ3) is 5.75. The van der Waals surface area contributed by atoms with Crippen molar-refractivity contribution in [2.45, 2.75) is 56.5 Å². The van der Waals surface area contributed by atoms with E-state index in [0.29, 0.717) is 12.0 Å². The first-order valence-electron chi connectivity index (χ1n) is 10.5. The average Bonchev–Trinajstić information content (AvgIpc) is 2.74. The molecular formula is C20H29BN4O6. The standard InChI is InChI=1S/C20H29BN4O6/c22-10-15(23)19(27)24-13-6-4-11(5-7-13)8-17(26)25-16-9-12-2-1-3-14(20(28)29)18(12)31-21(16)30/h1-3,11,13,15-16,30H,4-10,22-23H2,(H,24,27)(H,25,26)(H,28,29). The maximum Gasteiger partial charge on any atom is 0.547 e. The van der Waals surface area contributed by atoms with Crippen molar-refractivity contribution >= 4 is 24.9 Å². The van der Waals surface area contributed by atoms with Crippen LogP contribution in [-0.2, 0) is 16.0 Å². The lowest BCUT2D eigenvalue weighted by atomic mass is 9.72. The molecule has 2 aliphatic rings. The van der Waals surface area contributed by atoms with Gasteiger partial charge in [0.2, 0.25) is 11.8 Å². The van der Waals surface area contributed by atoms with Gasteiger partial charge in [-0.25, -0.2) is 4.79 Å². The van der Waals surface area contributed by atoms with Crippen LogP contribution in [0.3, 0.4) is 0 Å². The number of carboxylic acids is 1. The second-order valence-corrected chi connectivity index (χ2v) is 8.26. The summed E-state index contributed by atoms with van der Waals surface area (Å²) in [5.74, 6) is -1.91. The summed E-state index contributed by atoms with van der Waals surface area (Å²) in [6.07, 6.45) is 3.72. The Morgan fingerprint density at radius 2 is 1.90 bits per heavy atom. The molecule has 0 bridgehead atoms. The van der Waals surface area contributed by atoms with E-state index in [9.17, 15) is 24.5 Å². The van der Waals surface area contributed by atoms with Gasteiger partial charge in [-0.3, -0.25) is 9.59 Å². The highest BCUT2D eigenvalue weighted by molar-refractivity contribution is 6.47. The van der Waals surface area contributed by atoms with Gasteiger partial charge in [0.25, 0.3) is 0 Å². The van der Waals surface area contributed by atoms with Crippen LogP contribution in [0.1, 0.15) is 48.0 Å². The average molecular weight is 432 g/mol. The Balaban J connectivity index is 1.48. The Morgan fingerprint density at radius 3 is 2.55 bits per heavy atom. The molecule has 2 atom stereocenters. The molecule has 3 rings (SSSR count). The van der Waals surface area contributed by atoms with Crippen molar-refractivity contribution in [3.63, 3.8) is 0 Å². The van der Waals surface area contributed by atoms with Gasteiger partial charge in [-0.05, 0) is 49.7 Å². The molecule has 31 heavy (non-hydrogen) atoms. The van der Waals surface area contributed by atoms with E-state index in [2.05, 4.69) is 10.6 Å². The van der Waals surface area contributed by atoms with Crippen molar-refractivity contribution < 1.29 is 29.2 Å². The second-order valence-electron chi connectivity index (χ2n) is 8.26. The lowest BCUT2D eigenvalue weighted by Crippen LogP contribution is -2.53. The number of carbonyl (C=O) groups excluding carboxylic acids is 2. The molecule has 1 aromatic carbocycles. The first-order chi connectivity index (χ1) is 14.8. The lowest BCUT2D eigenvalue weighted by Gasteiger charge is -2.31. The zero-order chi connectivity index (χ0) is 22.5. The SMILES string of the molecule is NCC(N)C(=O)NC1CCC(CC(=O)NC2Cc3cccc(C(=O)O)c3OB2O)CC1. The smallest absolute Gasteiger partial charge is 0.534 e. The van der Waals surface area contributed by atoms with E-state index < -0.39 is 25.1 Å². The molecule has 0 radical (unpaired) electrons. The van der Waals surface area contributed by atoms with Crippen molar-refractivity contribution in [1.82, 2.24) is 10.6 Å². The van der Waals surface area contributed by atoms with Crippen LogP contribution < -0.4 is 26.8 Å². The quantitative estimate of drug-likeness (QED) is 0.303. The van der Waals surface area contributed by atoms with Crippen molar-refractivity contribution in [3.05, 3.63) is 29.3 Å². The molecule has 1 aromatic rings. The molecule has 11 heteroatoms. The largest absolute Gasteiger partial charge is 0.547 e. The van der Waals surface area contributed by atoms with Crippen molar-refractivity contribution in [3.8, 4) is 5.75 Å². The molecule has 0 spiro atoms. The van der Waals surface area contributed by atoms with Crippen molar-refractivity contribution in [2.24, 2.45) is 17.4 Å². The Bertz CT molecular complexity index is 830. The fourth-order valence-electron chi connectivity index (χ4n) is 4.17. The fourth-order valence-corrected chi connectivity index (χ4v) is 4.17. The number of hydrogen-bond acceptors (Lipinski definition) is 7. The summed E-state index contributed by atoms with van der Waals surface area (Å²) in [7, 11) is -1.32. The summed E-state index contributed by atoms with van der Waals surface area (Å²) >= 11 is 0. The summed E-state index contributed by atoms with van der Waals surface area (Å²) in [4.78, 5) is 35.7. The Hall–Kier alpha value is -2.63. The van der Waals surface area contributed by atoms with Crippen molar-refractivity contribution in [2.75, 3.05) is 6.54 Å². The number of nitrogens with one attached hydrogen (secondary N) is 2. The predicted molar refractivity (Wildman–Crippen MR) is 113 cm³/mol. The third-order valence-electron chi connectivity index (χ3n) is 5.95. The minimum absolute atomic E-state index is 0.0161. The number of fused-ring (bicyclic) bond motifs is 1. The number of para-hydroxylation sites is 1. The number of nitrogens with two attached hydrogens (primary N) is 2. The van der Waals surface area contributed by atoms with Crippen LogP contribution in [0.4, 0.5) is 0 Å². The number of hydrogen-bond donors (Lipinski definition) is 6. The Kier molecular flexibility index (Phi) is 7.53. The van der Waals surface area contributed by atoms with Crippen LogP contribution in [-0.4, -0.2) is 59.6 Å². The monoisotopic (exact) mass is 432 g/mol. The molecule has 1 heterocycles. The van der Waals surface area contributed by atoms with Crippen LogP contribution in [0, 0.1) is 5.92 Å². The van der Waals surface area contributed by atoms with Gasteiger partial charge in [0.1, 0.15) is 5.75 Å². The number of carboxylic acid groups (broad SMARTS) is 1. The molecule has 1 aliphatic heterocycles. The van der Waals surface area contributed by atoms with Gasteiger partial charge < -0.3 is 36.9 Å². The number of benzene rings is 1. The molecule has 1 saturated carbocycles. The lowest BCUT2D eigenvalue weighted by molar-refractivity contribution is -0.124. The molecule has 2 amide bonds. The Morgan fingerprint density at radius 1 is 1.19 bits per heavy atom. The van der Waals surface area contributed by atoms with Crippen LogP contribution >= 0.6 is 0 Å². The van der Waals surface area contributed by atoms with E-state index in [1.165, 1.54) is 6.07 Å². The highest BCUT2D eigenvalue weighted by Crippen LogP contribution is 2.31. The zero-order valence-electron chi connectivity index (χ0n) is 17.3. The second kappa shape index (κ2) is 10.1. The molecule has 8 N–H and O–H groups in total. The van der Waals surface area contributed by atoms with Gasteiger partial charge >= 0.3 is 13.1 Å². The molecule has 2 unspecified atom stereocenters. The fraction of sp³-hybridized carbons (Fsp3) is 0.550. The van der Waals surface area contributed by atoms with E-state index >= 15 is 0 Å². The number of rotatable bonds is 7. The van der Waals surface area contributed by atoms with E-state index in [1.807, 2.05) is 0 Å². The molecule has 0 aromatic heterocycles. The first kappa shape index (κ1) is 23.0. The molecule has 10 nitrogen and oxygen atoms in total. The van der Waals surface area contributed by atoms with E-state index in [1.54, 1.807) is 12.1 Å². The minimum atomic E-state index is -1.32. The summed E-state index contributed by atoms with van der Waals surface area (Å²) in [6.45, 7) is 0.0974. The molecule has 168 valence electrons. The van der Waals surface area contributed by atoms with Gasteiger partial charge in [-0.2, -0.15) is 0 Å².